The predicted octanol–water partition coefficient (Wildman–Crippen LogP) is 6.04. The molecule has 0 spiro atoms. The minimum Gasteiger partial charge on any atom is -0.490 e. The summed E-state index contributed by atoms with van der Waals surface area (Å²) >= 11 is 0. The Morgan fingerprint density at radius 2 is 1.69 bits per heavy atom. The molecule has 10 heteroatoms. The second-order valence-electron chi connectivity index (χ2n) is 8.66. The molecule has 188 valence electrons. The highest BCUT2D eigenvalue weighted by Crippen LogP contribution is 2.31. The summed E-state index contributed by atoms with van der Waals surface area (Å²) in [5.74, 6) is 0.738. The molecule has 2 saturated heterocycles. The largest absolute Gasteiger partial charge is 0.490 e. The van der Waals surface area contributed by atoms with Gasteiger partial charge in [0.05, 0.1) is 5.56 Å². The van der Waals surface area contributed by atoms with Crippen molar-refractivity contribution in [2.45, 2.75) is 44.4 Å². The van der Waals surface area contributed by atoms with E-state index in [2.05, 4.69) is 9.88 Å². The zero-order valence-corrected chi connectivity index (χ0v) is 19.2. The van der Waals surface area contributed by atoms with E-state index >= 15 is 0 Å². The molecule has 2 aromatic carbocycles. The molecule has 3 heterocycles. The number of aromatic nitrogens is 1. The fourth-order valence-corrected chi connectivity index (χ4v) is 4.28. The van der Waals surface area contributed by atoms with Crippen molar-refractivity contribution in [1.82, 2.24) is 9.88 Å². The van der Waals surface area contributed by atoms with Crippen molar-refractivity contribution < 1.29 is 32.2 Å². The van der Waals surface area contributed by atoms with Crippen molar-refractivity contribution in [3.8, 4) is 5.75 Å². The number of carbonyl (C=O) groups is 1. The molecule has 3 aromatic rings. The lowest BCUT2D eigenvalue weighted by Gasteiger charge is -2.33. The minimum atomic E-state index is -4.30. The molecule has 1 aromatic heterocycles. The summed E-state index contributed by atoms with van der Waals surface area (Å²) in [6, 6.07) is 10.9. The number of rotatable bonds is 3. The monoisotopic (exact) mass is 491 g/mol. The Labute approximate surface area is 201 Å². The van der Waals surface area contributed by atoms with Gasteiger partial charge in [0.2, 0.25) is 0 Å². The van der Waals surface area contributed by atoms with Gasteiger partial charge in [-0.1, -0.05) is 0 Å². The molecular weight excluding hydrogens is 463 g/mol. The number of likely N-dealkylation sites (tertiary alicyclic amines) is 1. The first kappa shape index (κ1) is 24.7. The number of amides is 1. The van der Waals surface area contributed by atoms with Gasteiger partial charge < -0.3 is 24.1 Å². The van der Waals surface area contributed by atoms with Crippen molar-refractivity contribution in [3.63, 3.8) is 0 Å². The standard InChI is InChI=1S/C19H17F3N2O2.C6H11NO2/c20-19(21,22)13-1-3-14(4-2-13)24-9-7-15(8-10-24)26-16-5-6-17-18(11-16)25-12-23-17;8-6(9)7-4-2-1-3-5-7/h1-6,11-12,15H,7-10H2;1-5H2,(H,8,9). The highest BCUT2D eigenvalue weighted by Gasteiger charge is 2.30. The Morgan fingerprint density at radius 1 is 1.00 bits per heavy atom. The Balaban J connectivity index is 0.000000271. The number of hydrogen-bond donors (Lipinski definition) is 1. The lowest BCUT2D eigenvalue weighted by molar-refractivity contribution is -0.137. The van der Waals surface area contributed by atoms with Crippen LogP contribution in [0, 0.1) is 0 Å². The van der Waals surface area contributed by atoms with Crippen LogP contribution in [-0.2, 0) is 6.18 Å². The third-order valence-electron chi connectivity index (χ3n) is 6.23. The molecule has 0 radical (unpaired) electrons. The number of oxazole rings is 1. The van der Waals surface area contributed by atoms with Crippen molar-refractivity contribution in [2.24, 2.45) is 0 Å². The van der Waals surface area contributed by atoms with E-state index < -0.39 is 17.8 Å². The first-order chi connectivity index (χ1) is 16.8. The summed E-state index contributed by atoms with van der Waals surface area (Å²) in [5, 5.41) is 8.46. The van der Waals surface area contributed by atoms with E-state index in [9.17, 15) is 18.0 Å². The maximum absolute atomic E-state index is 12.7. The topological polar surface area (TPSA) is 79.0 Å². The summed E-state index contributed by atoms with van der Waals surface area (Å²) in [6.45, 7) is 2.94. The molecule has 2 fully saturated rings. The molecule has 0 atom stereocenters. The zero-order chi connectivity index (χ0) is 24.8. The van der Waals surface area contributed by atoms with Gasteiger partial charge in [-0.05, 0) is 55.7 Å². The summed E-state index contributed by atoms with van der Waals surface area (Å²) in [4.78, 5) is 17.9. The van der Waals surface area contributed by atoms with E-state index in [-0.39, 0.29) is 6.10 Å². The van der Waals surface area contributed by atoms with Gasteiger partial charge in [0.1, 0.15) is 17.4 Å². The molecule has 35 heavy (non-hydrogen) atoms. The van der Waals surface area contributed by atoms with Crippen LogP contribution in [0.2, 0.25) is 0 Å². The van der Waals surface area contributed by atoms with Crippen LogP contribution in [-0.4, -0.2) is 53.4 Å². The van der Waals surface area contributed by atoms with Crippen LogP contribution in [0.1, 0.15) is 37.7 Å². The van der Waals surface area contributed by atoms with Crippen LogP contribution in [0.5, 0.6) is 5.75 Å². The van der Waals surface area contributed by atoms with Gasteiger partial charge in [0, 0.05) is 50.8 Å². The van der Waals surface area contributed by atoms with Crippen LogP contribution in [0.15, 0.2) is 53.3 Å². The summed E-state index contributed by atoms with van der Waals surface area (Å²) < 4.78 is 49.3. The van der Waals surface area contributed by atoms with E-state index in [1.807, 2.05) is 18.2 Å². The number of hydrogen-bond acceptors (Lipinski definition) is 5. The van der Waals surface area contributed by atoms with Gasteiger partial charge in [-0.3, -0.25) is 0 Å². The third kappa shape index (κ3) is 6.58. The normalized spacial score (nSPS) is 17.1. The van der Waals surface area contributed by atoms with Crippen molar-refractivity contribution >= 4 is 22.9 Å². The Hall–Kier alpha value is -3.43. The molecule has 1 N–H and O–H groups in total. The van der Waals surface area contributed by atoms with Crippen LogP contribution >= 0.6 is 0 Å². The first-order valence-electron chi connectivity index (χ1n) is 11.7. The number of fused-ring (bicyclic) bond motifs is 1. The van der Waals surface area contributed by atoms with E-state index in [4.69, 9.17) is 14.3 Å². The fourth-order valence-electron chi connectivity index (χ4n) is 4.28. The van der Waals surface area contributed by atoms with Gasteiger partial charge in [-0.2, -0.15) is 13.2 Å². The molecule has 7 nitrogen and oxygen atoms in total. The number of carboxylic acid groups (broad SMARTS) is 1. The molecular formula is C25H28F3N3O4. The lowest BCUT2D eigenvalue weighted by Crippen LogP contribution is -2.38. The fraction of sp³-hybridized carbons (Fsp3) is 0.440. The summed E-state index contributed by atoms with van der Waals surface area (Å²) in [7, 11) is 0. The second-order valence-corrected chi connectivity index (χ2v) is 8.66. The Kier molecular flexibility index (Phi) is 7.67. The van der Waals surface area contributed by atoms with Crippen LogP contribution in [0.4, 0.5) is 23.7 Å². The second kappa shape index (κ2) is 10.9. The predicted molar refractivity (Wildman–Crippen MR) is 125 cm³/mol. The molecule has 1 amide bonds. The van der Waals surface area contributed by atoms with Crippen LogP contribution in [0.3, 0.4) is 0 Å². The summed E-state index contributed by atoms with van der Waals surface area (Å²) in [5.41, 5.74) is 1.65. The molecule has 0 bridgehead atoms. The highest BCUT2D eigenvalue weighted by atomic mass is 19.4. The third-order valence-corrected chi connectivity index (χ3v) is 6.23. The van der Waals surface area contributed by atoms with E-state index in [0.717, 1.165) is 80.9 Å². The van der Waals surface area contributed by atoms with E-state index in [1.165, 1.54) is 29.8 Å². The summed E-state index contributed by atoms with van der Waals surface area (Å²) in [6.07, 6.45) is 1.25. The number of ether oxygens (including phenoxy) is 1. The van der Waals surface area contributed by atoms with Crippen molar-refractivity contribution in [3.05, 3.63) is 54.4 Å². The van der Waals surface area contributed by atoms with E-state index in [1.54, 1.807) is 0 Å². The maximum Gasteiger partial charge on any atom is 0.416 e. The molecule has 2 aliphatic heterocycles. The molecule has 2 aliphatic rings. The van der Waals surface area contributed by atoms with Crippen molar-refractivity contribution in [1.29, 1.82) is 0 Å². The van der Waals surface area contributed by atoms with Gasteiger partial charge in [0.15, 0.2) is 12.0 Å². The number of alkyl halides is 3. The number of halogens is 3. The number of nitrogens with zero attached hydrogens (tertiary/aromatic N) is 3. The minimum absolute atomic E-state index is 0.0704. The number of benzene rings is 2. The number of anilines is 1. The average molecular weight is 492 g/mol. The molecule has 0 unspecified atom stereocenters. The van der Waals surface area contributed by atoms with Crippen LogP contribution in [0.25, 0.3) is 11.1 Å². The zero-order valence-electron chi connectivity index (χ0n) is 19.2. The average Bonchev–Trinajstić information content (AvgIpc) is 3.33. The lowest BCUT2D eigenvalue weighted by atomic mass is 10.1. The van der Waals surface area contributed by atoms with Crippen molar-refractivity contribution in [2.75, 3.05) is 31.1 Å². The highest BCUT2D eigenvalue weighted by molar-refractivity contribution is 5.73. The quantitative estimate of drug-likeness (QED) is 0.481. The smallest absolute Gasteiger partial charge is 0.416 e. The van der Waals surface area contributed by atoms with Crippen LogP contribution < -0.4 is 9.64 Å². The van der Waals surface area contributed by atoms with E-state index in [0.29, 0.717) is 5.58 Å². The SMILES string of the molecule is FC(F)(F)c1ccc(N2CCC(Oc3ccc4ncoc4c3)CC2)cc1.O=C(O)N1CCCCC1. The van der Waals surface area contributed by atoms with Gasteiger partial charge >= 0.3 is 12.3 Å². The molecule has 0 saturated carbocycles. The van der Waals surface area contributed by atoms with Gasteiger partial charge in [0.25, 0.3) is 0 Å². The molecule has 0 aliphatic carbocycles. The molecule has 5 rings (SSSR count). The maximum atomic E-state index is 12.7. The number of piperidine rings is 2. The van der Waals surface area contributed by atoms with Gasteiger partial charge in [-0.25, -0.2) is 9.78 Å². The Bertz CT molecular complexity index is 1100. The Morgan fingerprint density at radius 3 is 2.29 bits per heavy atom. The first-order valence-corrected chi connectivity index (χ1v) is 11.7. The van der Waals surface area contributed by atoms with Gasteiger partial charge in [-0.15, -0.1) is 0 Å².